The summed E-state index contributed by atoms with van der Waals surface area (Å²) in [6.45, 7) is 2.24. The lowest BCUT2D eigenvalue weighted by molar-refractivity contribution is 0.203. The van der Waals surface area contributed by atoms with Crippen molar-refractivity contribution < 1.29 is 14.9 Å². The van der Waals surface area contributed by atoms with E-state index in [2.05, 4.69) is 15.3 Å². The zero-order chi connectivity index (χ0) is 11.8. The van der Waals surface area contributed by atoms with Gasteiger partial charge in [-0.1, -0.05) is 6.92 Å². The van der Waals surface area contributed by atoms with Gasteiger partial charge in [-0.3, -0.25) is 0 Å². The van der Waals surface area contributed by atoms with Crippen molar-refractivity contribution in [3.8, 4) is 5.88 Å². The van der Waals surface area contributed by atoms with Crippen LogP contribution in [0.3, 0.4) is 0 Å². The Labute approximate surface area is 94.3 Å². The highest BCUT2D eigenvalue weighted by molar-refractivity contribution is 5.28. The van der Waals surface area contributed by atoms with Gasteiger partial charge in [0.05, 0.1) is 25.9 Å². The van der Waals surface area contributed by atoms with Crippen molar-refractivity contribution in [2.24, 2.45) is 0 Å². The van der Waals surface area contributed by atoms with Gasteiger partial charge in [0.15, 0.2) is 0 Å². The third kappa shape index (κ3) is 4.00. The minimum absolute atomic E-state index is 0.181. The van der Waals surface area contributed by atoms with Gasteiger partial charge in [0.1, 0.15) is 0 Å². The van der Waals surface area contributed by atoms with Crippen LogP contribution in [0.5, 0.6) is 5.88 Å². The summed E-state index contributed by atoms with van der Waals surface area (Å²) in [6.07, 6.45) is 2.47. The van der Waals surface area contributed by atoms with Gasteiger partial charge in [-0.15, -0.1) is 0 Å². The third-order valence-electron chi connectivity index (χ3n) is 1.86. The number of rotatable bonds is 7. The summed E-state index contributed by atoms with van der Waals surface area (Å²) in [4.78, 5) is 8.04. The number of aliphatic hydroxyl groups excluding tert-OH is 2. The van der Waals surface area contributed by atoms with Gasteiger partial charge in [-0.05, 0) is 6.42 Å². The number of aromatic nitrogens is 2. The van der Waals surface area contributed by atoms with Crippen LogP contribution in [0.15, 0.2) is 12.3 Å². The van der Waals surface area contributed by atoms with Crippen molar-refractivity contribution in [2.75, 3.05) is 25.1 Å². The first-order chi connectivity index (χ1) is 7.80. The Balaban J connectivity index is 2.59. The summed E-state index contributed by atoms with van der Waals surface area (Å²) < 4.78 is 5.33. The van der Waals surface area contributed by atoms with E-state index in [1.165, 1.54) is 0 Å². The van der Waals surface area contributed by atoms with Gasteiger partial charge in [-0.2, -0.15) is 4.98 Å². The molecule has 0 aliphatic rings. The van der Waals surface area contributed by atoms with E-state index in [4.69, 9.17) is 14.9 Å². The van der Waals surface area contributed by atoms with Gasteiger partial charge in [0.2, 0.25) is 11.8 Å². The molecule has 1 aromatic heterocycles. The first-order valence-electron chi connectivity index (χ1n) is 5.24. The fourth-order valence-corrected chi connectivity index (χ4v) is 1.03. The van der Waals surface area contributed by atoms with E-state index in [1.807, 2.05) is 6.92 Å². The molecule has 0 aliphatic carbocycles. The molecule has 0 fully saturated rings. The van der Waals surface area contributed by atoms with Crippen LogP contribution in [-0.4, -0.2) is 46.0 Å². The number of ether oxygens (including phenoxy) is 1. The maximum Gasteiger partial charge on any atom is 0.226 e. The van der Waals surface area contributed by atoms with Gasteiger partial charge >= 0.3 is 0 Å². The third-order valence-corrected chi connectivity index (χ3v) is 1.86. The highest BCUT2D eigenvalue weighted by Crippen LogP contribution is 2.09. The average Bonchev–Trinajstić information content (AvgIpc) is 2.34. The molecule has 1 aromatic rings. The maximum atomic E-state index is 8.89. The van der Waals surface area contributed by atoms with Crippen molar-refractivity contribution in [3.63, 3.8) is 0 Å². The monoisotopic (exact) mass is 227 g/mol. The Bertz CT molecular complexity index is 305. The predicted octanol–water partition coefficient (Wildman–Crippen LogP) is 0.0305. The normalized spacial score (nSPS) is 10.5. The van der Waals surface area contributed by atoms with Crippen LogP contribution in [0.4, 0.5) is 5.95 Å². The Hall–Kier alpha value is -1.40. The molecule has 1 heterocycles. The van der Waals surface area contributed by atoms with Crippen LogP contribution in [0.2, 0.25) is 0 Å². The minimum Gasteiger partial charge on any atom is -0.478 e. The summed E-state index contributed by atoms with van der Waals surface area (Å²) in [6, 6.07) is 1.20. The first-order valence-corrected chi connectivity index (χ1v) is 5.24. The Morgan fingerprint density at radius 2 is 2.19 bits per heavy atom. The van der Waals surface area contributed by atoms with Crippen LogP contribution >= 0.6 is 0 Å². The molecule has 6 nitrogen and oxygen atoms in total. The average molecular weight is 227 g/mol. The molecule has 0 amide bonds. The number of nitrogens with one attached hydrogen (secondary N) is 1. The molecular weight excluding hydrogens is 210 g/mol. The zero-order valence-electron chi connectivity index (χ0n) is 9.26. The molecule has 3 N–H and O–H groups in total. The van der Waals surface area contributed by atoms with Crippen LogP contribution in [-0.2, 0) is 0 Å². The summed E-state index contributed by atoms with van der Waals surface area (Å²) in [7, 11) is 0. The lowest BCUT2D eigenvalue weighted by atomic mass is 10.3. The fraction of sp³-hybridized carbons (Fsp3) is 0.600. The highest BCUT2D eigenvalue weighted by Gasteiger charge is 2.07. The lowest BCUT2D eigenvalue weighted by Gasteiger charge is -2.13. The van der Waals surface area contributed by atoms with Gasteiger partial charge < -0.3 is 20.3 Å². The predicted molar refractivity (Wildman–Crippen MR) is 59.4 cm³/mol. The number of nitrogens with zero attached hydrogens (tertiary/aromatic N) is 2. The van der Waals surface area contributed by atoms with Crippen LogP contribution in [0.1, 0.15) is 13.3 Å². The van der Waals surface area contributed by atoms with Crippen LogP contribution in [0.25, 0.3) is 0 Å². The number of anilines is 1. The molecule has 1 rings (SSSR count). The fourth-order valence-electron chi connectivity index (χ4n) is 1.03. The van der Waals surface area contributed by atoms with Crippen molar-refractivity contribution >= 4 is 5.95 Å². The molecule has 0 saturated carbocycles. The second kappa shape index (κ2) is 6.97. The van der Waals surface area contributed by atoms with Gasteiger partial charge in [0.25, 0.3) is 0 Å². The molecule has 6 heteroatoms. The number of aliphatic hydroxyl groups is 2. The number of hydrogen-bond donors (Lipinski definition) is 3. The molecule has 0 aromatic carbocycles. The highest BCUT2D eigenvalue weighted by atomic mass is 16.5. The molecule has 90 valence electrons. The van der Waals surface area contributed by atoms with E-state index in [0.717, 1.165) is 6.42 Å². The van der Waals surface area contributed by atoms with Crippen molar-refractivity contribution in [2.45, 2.75) is 19.4 Å². The summed E-state index contributed by atoms with van der Waals surface area (Å²) in [5.41, 5.74) is 0. The summed E-state index contributed by atoms with van der Waals surface area (Å²) in [5, 5.41) is 20.6. The van der Waals surface area contributed by atoms with E-state index >= 15 is 0 Å². The molecular formula is C10H17N3O3. The van der Waals surface area contributed by atoms with Gasteiger partial charge in [0, 0.05) is 12.3 Å². The minimum atomic E-state index is -0.457. The molecule has 16 heavy (non-hydrogen) atoms. The van der Waals surface area contributed by atoms with Crippen LogP contribution < -0.4 is 10.1 Å². The SMILES string of the molecule is CCCOc1ccnc(NC(CO)CO)n1. The molecule has 0 radical (unpaired) electrons. The van der Waals surface area contributed by atoms with Gasteiger partial charge in [-0.25, -0.2) is 4.98 Å². The van der Waals surface area contributed by atoms with Crippen molar-refractivity contribution in [3.05, 3.63) is 12.3 Å². The summed E-state index contributed by atoms with van der Waals surface area (Å²) in [5.74, 6) is 0.815. The van der Waals surface area contributed by atoms with Crippen molar-refractivity contribution in [1.82, 2.24) is 9.97 Å². The van der Waals surface area contributed by atoms with Crippen molar-refractivity contribution in [1.29, 1.82) is 0 Å². The molecule has 0 unspecified atom stereocenters. The standard InChI is InChI=1S/C10H17N3O3/c1-2-5-16-9-3-4-11-10(13-9)12-8(6-14)7-15/h3-4,8,14-15H,2,5-7H2,1H3,(H,11,12,13). The largest absolute Gasteiger partial charge is 0.478 e. The zero-order valence-corrected chi connectivity index (χ0v) is 9.26. The second-order valence-corrected chi connectivity index (χ2v) is 3.27. The second-order valence-electron chi connectivity index (χ2n) is 3.27. The van der Waals surface area contributed by atoms with E-state index in [-0.39, 0.29) is 13.2 Å². The molecule has 0 saturated heterocycles. The number of hydrogen-bond acceptors (Lipinski definition) is 6. The molecule has 0 bridgehead atoms. The smallest absolute Gasteiger partial charge is 0.226 e. The lowest BCUT2D eigenvalue weighted by Crippen LogP contribution is -2.28. The van der Waals surface area contributed by atoms with E-state index in [1.54, 1.807) is 12.3 Å². The molecule has 0 aliphatic heterocycles. The molecule has 0 atom stereocenters. The Morgan fingerprint density at radius 1 is 1.44 bits per heavy atom. The maximum absolute atomic E-state index is 8.89. The Morgan fingerprint density at radius 3 is 2.81 bits per heavy atom. The van der Waals surface area contributed by atoms with E-state index < -0.39 is 6.04 Å². The first kappa shape index (κ1) is 12.7. The topological polar surface area (TPSA) is 87.5 Å². The summed E-state index contributed by atoms with van der Waals surface area (Å²) >= 11 is 0. The van der Waals surface area contributed by atoms with E-state index in [9.17, 15) is 0 Å². The Kier molecular flexibility index (Phi) is 5.52. The molecule has 0 spiro atoms. The van der Waals surface area contributed by atoms with Crippen LogP contribution in [0, 0.1) is 0 Å². The quantitative estimate of drug-likeness (QED) is 0.609. The van der Waals surface area contributed by atoms with E-state index in [0.29, 0.717) is 18.4 Å².